The highest BCUT2D eigenvalue weighted by molar-refractivity contribution is 5.90. The van der Waals surface area contributed by atoms with Crippen LogP contribution >= 0.6 is 0 Å². The van der Waals surface area contributed by atoms with Crippen molar-refractivity contribution in [1.82, 2.24) is 0 Å². The fourth-order valence-electron chi connectivity index (χ4n) is 1.50. The highest BCUT2D eigenvalue weighted by Gasteiger charge is 2.24. The van der Waals surface area contributed by atoms with E-state index in [4.69, 9.17) is 10.5 Å². The van der Waals surface area contributed by atoms with Crippen molar-refractivity contribution < 1.29 is 23.5 Å². The van der Waals surface area contributed by atoms with Gasteiger partial charge in [-0.3, -0.25) is 0 Å². The molecule has 1 aromatic rings. The van der Waals surface area contributed by atoms with Gasteiger partial charge in [0.1, 0.15) is 17.5 Å². The van der Waals surface area contributed by atoms with E-state index in [2.05, 4.69) is 4.74 Å². The molecule has 0 spiro atoms. The van der Waals surface area contributed by atoms with Crippen molar-refractivity contribution in [1.29, 1.82) is 0 Å². The van der Waals surface area contributed by atoms with Crippen LogP contribution in [-0.2, 0) is 14.3 Å². The lowest BCUT2D eigenvalue weighted by atomic mass is 10.0. The molecule has 1 aromatic carbocycles. The molecular weight excluding hydrogens is 265 g/mol. The maximum Gasteiger partial charge on any atom is 0.340 e. The number of esters is 2. The molecule has 0 aromatic heterocycles. The summed E-state index contributed by atoms with van der Waals surface area (Å²) in [6.45, 7) is 5.12. The fourth-order valence-corrected chi connectivity index (χ4v) is 1.50. The summed E-state index contributed by atoms with van der Waals surface area (Å²) < 4.78 is 23.3. The van der Waals surface area contributed by atoms with Crippen LogP contribution in [0.3, 0.4) is 0 Å². The van der Waals surface area contributed by atoms with Crippen LogP contribution in [0.1, 0.15) is 42.7 Å². The summed E-state index contributed by atoms with van der Waals surface area (Å²) in [6.07, 6.45) is 0. The first-order valence-corrected chi connectivity index (χ1v) is 6.02. The molecule has 0 saturated carbocycles. The zero-order chi connectivity index (χ0) is 15.5. The van der Waals surface area contributed by atoms with Gasteiger partial charge in [0.25, 0.3) is 0 Å². The molecule has 0 amide bonds. The van der Waals surface area contributed by atoms with Gasteiger partial charge in [-0.05, 0) is 38.5 Å². The second-order valence-corrected chi connectivity index (χ2v) is 5.24. The Kier molecular flexibility index (Phi) is 4.83. The molecule has 0 aliphatic carbocycles. The number of hydrogen-bond acceptors (Lipinski definition) is 5. The molecule has 1 atom stereocenters. The van der Waals surface area contributed by atoms with Gasteiger partial charge in [0.15, 0.2) is 0 Å². The van der Waals surface area contributed by atoms with Crippen molar-refractivity contribution in [3.8, 4) is 0 Å². The van der Waals surface area contributed by atoms with Gasteiger partial charge in [-0.15, -0.1) is 0 Å². The molecule has 6 heteroatoms. The molecule has 5 nitrogen and oxygen atoms in total. The van der Waals surface area contributed by atoms with E-state index in [1.165, 1.54) is 12.1 Å². The molecular formula is C14H18FNO4. The highest BCUT2D eigenvalue weighted by Crippen LogP contribution is 2.19. The van der Waals surface area contributed by atoms with E-state index in [1.54, 1.807) is 20.8 Å². The molecule has 0 bridgehead atoms. The number of rotatable bonds is 3. The minimum atomic E-state index is -1.12. The predicted molar refractivity (Wildman–Crippen MR) is 70.5 cm³/mol. The maximum atomic E-state index is 13.7. The number of ether oxygens (including phenoxy) is 2. The van der Waals surface area contributed by atoms with Gasteiger partial charge in [0.2, 0.25) is 0 Å². The molecule has 110 valence electrons. The molecule has 0 aliphatic rings. The zero-order valence-electron chi connectivity index (χ0n) is 11.9. The average Bonchev–Trinajstić information content (AvgIpc) is 2.34. The molecule has 1 unspecified atom stereocenters. The molecule has 0 aliphatic heterocycles. The van der Waals surface area contributed by atoms with Crippen molar-refractivity contribution in [2.24, 2.45) is 5.73 Å². The number of carbonyl (C=O) groups is 2. The van der Waals surface area contributed by atoms with Crippen molar-refractivity contribution in [3.05, 3.63) is 35.1 Å². The van der Waals surface area contributed by atoms with Crippen molar-refractivity contribution in [2.45, 2.75) is 32.4 Å². The van der Waals surface area contributed by atoms with Gasteiger partial charge in [-0.2, -0.15) is 0 Å². The molecule has 2 N–H and O–H groups in total. The number of methoxy groups -OCH3 is 1. The van der Waals surface area contributed by atoms with Crippen molar-refractivity contribution in [2.75, 3.05) is 7.11 Å². The second-order valence-electron chi connectivity index (χ2n) is 5.24. The minimum Gasteiger partial charge on any atom is -0.465 e. The van der Waals surface area contributed by atoms with Crippen molar-refractivity contribution >= 4 is 11.9 Å². The minimum absolute atomic E-state index is 0.215. The van der Waals surface area contributed by atoms with E-state index in [0.29, 0.717) is 0 Å². The van der Waals surface area contributed by atoms with Crippen LogP contribution in [0.2, 0.25) is 0 Å². The third-order valence-corrected chi connectivity index (χ3v) is 2.42. The lowest BCUT2D eigenvalue weighted by Crippen LogP contribution is -2.31. The van der Waals surface area contributed by atoms with E-state index in [9.17, 15) is 14.0 Å². The van der Waals surface area contributed by atoms with E-state index in [-0.39, 0.29) is 11.1 Å². The average molecular weight is 283 g/mol. The monoisotopic (exact) mass is 283 g/mol. The Morgan fingerprint density at radius 3 is 2.35 bits per heavy atom. The summed E-state index contributed by atoms with van der Waals surface area (Å²) in [4.78, 5) is 23.0. The number of benzene rings is 1. The summed E-state index contributed by atoms with van der Waals surface area (Å²) >= 11 is 0. The summed E-state index contributed by atoms with van der Waals surface area (Å²) in [5.74, 6) is -2.25. The topological polar surface area (TPSA) is 78.6 Å². The van der Waals surface area contributed by atoms with Crippen LogP contribution < -0.4 is 5.73 Å². The number of nitrogens with two attached hydrogens (primary N) is 1. The lowest BCUT2D eigenvalue weighted by molar-refractivity contribution is -0.156. The third-order valence-electron chi connectivity index (χ3n) is 2.42. The largest absolute Gasteiger partial charge is 0.465 e. The molecule has 0 fully saturated rings. The summed E-state index contributed by atoms with van der Waals surface area (Å²) in [5.41, 5.74) is 5.05. The SMILES string of the molecule is COC(=O)c1ccc(C(N)C(=O)OC(C)(C)C)cc1F. The number of halogens is 1. The summed E-state index contributed by atoms with van der Waals surface area (Å²) in [5, 5.41) is 0. The van der Waals surface area contributed by atoms with Crippen LogP contribution in [0.25, 0.3) is 0 Å². The molecule has 0 heterocycles. The Hall–Kier alpha value is -1.95. The zero-order valence-corrected chi connectivity index (χ0v) is 11.9. The van der Waals surface area contributed by atoms with Crippen LogP contribution in [-0.4, -0.2) is 24.6 Å². The third kappa shape index (κ3) is 4.03. The first-order chi connectivity index (χ1) is 9.15. The van der Waals surface area contributed by atoms with E-state index in [0.717, 1.165) is 13.2 Å². The van der Waals surface area contributed by atoms with Crippen molar-refractivity contribution in [3.63, 3.8) is 0 Å². The normalized spacial score (nSPS) is 12.7. The summed E-state index contributed by atoms with van der Waals surface area (Å²) in [6, 6.07) is 2.53. The second kappa shape index (κ2) is 6.00. The number of hydrogen-bond donors (Lipinski definition) is 1. The molecule has 0 radical (unpaired) electrons. The Morgan fingerprint density at radius 1 is 1.30 bits per heavy atom. The lowest BCUT2D eigenvalue weighted by Gasteiger charge is -2.22. The first kappa shape index (κ1) is 16.1. The van der Waals surface area contributed by atoms with Gasteiger partial charge in [0.05, 0.1) is 12.7 Å². The van der Waals surface area contributed by atoms with Gasteiger partial charge in [0, 0.05) is 0 Å². The maximum absolute atomic E-state index is 13.7. The van der Waals surface area contributed by atoms with Crippen LogP contribution in [0.5, 0.6) is 0 Å². The fraction of sp³-hybridized carbons (Fsp3) is 0.429. The highest BCUT2D eigenvalue weighted by atomic mass is 19.1. The van der Waals surface area contributed by atoms with Gasteiger partial charge >= 0.3 is 11.9 Å². The van der Waals surface area contributed by atoms with Gasteiger partial charge in [-0.1, -0.05) is 6.07 Å². The smallest absolute Gasteiger partial charge is 0.340 e. The van der Waals surface area contributed by atoms with Gasteiger partial charge < -0.3 is 15.2 Å². The molecule has 20 heavy (non-hydrogen) atoms. The van der Waals surface area contributed by atoms with Crippen LogP contribution in [0, 0.1) is 5.82 Å². The van der Waals surface area contributed by atoms with E-state index >= 15 is 0 Å². The predicted octanol–water partition coefficient (Wildman–Crippen LogP) is 1.95. The Balaban J connectivity index is 2.95. The standard InChI is InChI=1S/C14H18FNO4/c1-14(2,3)20-13(18)11(16)8-5-6-9(10(15)7-8)12(17)19-4/h5-7,11H,16H2,1-4H3. The van der Waals surface area contributed by atoms with Crippen LogP contribution in [0.4, 0.5) is 4.39 Å². The number of carbonyl (C=O) groups excluding carboxylic acids is 2. The first-order valence-electron chi connectivity index (χ1n) is 6.02. The van der Waals surface area contributed by atoms with E-state index < -0.39 is 29.4 Å². The summed E-state index contributed by atoms with van der Waals surface area (Å²) in [7, 11) is 1.15. The molecule has 1 rings (SSSR count). The Morgan fingerprint density at radius 2 is 1.90 bits per heavy atom. The Labute approximate surface area is 116 Å². The Bertz CT molecular complexity index is 522. The van der Waals surface area contributed by atoms with Crippen LogP contribution in [0.15, 0.2) is 18.2 Å². The quantitative estimate of drug-likeness (QED) is 0.858. The van der Waals surface area contributed by atoms with E-state index in [1.807, 2.05) is 0 Å². The molecule has 0 saturated heterocycles. The van der Waals surface area contributed by atoms with Gasteiger partial charge in [-0.25, -0.2) is 14.0 Å².